The lowest BCUT2D eigenvalue weighted by atomic mass is 9.50. The lowest BCUT2D eigenvalue weighted by molar-refractivity contribution is -0.263. The van der Waals surface area contributed by atoms with Gasteiger partial charge in [0, 0.05) is 19.3 Å². The molecule has 4 aliphatic carbocycles. The van der Waals surface area contributed by atoms with E-state index in [9.17, 15) is 15.0 Å². The Morgan fingerprint density at radius 3 is 1.64 bits per heavy atom. The summed E-state index contributed by atoms with van der Waals surface area (Å²) in [5.41, 5.74) is -2.32. The van der Waals surface area contributed by atoms with Crippen LogP contribution in [0.1, 0.15) is 126 Å². The van der Waals surface area contributed by atoms with Crippen molar-refractivity contribution in [3.63, 3.8) is 0 Å². The van der Waals surface area contributed by atoms with Crippen molar-refractivity contribution in [3.8, 4) is 0 Å². The standard InChI is InChI=1S/C18H30O4.C5H12.C4H10.CH2O/c1-4-5-14(12(2)3)15(19)22-18-8-13-6-16(20,10-18)9-17(21,7-13)11-18;1-4-5(2)3;1-3-4-2;1-2/h12-14,20-21H,4-11H2,1-3H3;5H,4H2,1-3H3;3-4H2,1-2H3;1H2. The normalized spacial score (nSPS) is 32.1. The van der Waals surface area contributed by atoms with Crippen molar-refractivity contribution >= 4 is 12.8 Å². The fraction of sp³-hybridized carbons (Fsp3) is 0.929. The Bertz CT molecular complexity index is 538. The van der Waals surface area contributed by atoms with Gasteiger partial charge in [0.05, 0.1) is 17.1 Å². The highest BCUT2D eigenvalue weighted by Gasteiger charge is 2.64. The second-order valence-electron chi connectivity index (χ2n) is 11.5. The first-order chi connectivity index (χ1) is 15.4. The summed E-state index contributed by atoms with van der Waals surface area (Å²) in [6.07, 6.45) is 9.49. The molecule has 0 aliphatic heterocycles. The average Bonchev–Trinajstić information content (AvgIpc) is 2.70. The van der Waals surface area contributed by atoms with E-state index in [1.807, 2.05) is 6.79 Å². The number of carbonyl (C=O) groups excluding carboxylic acids is 2. The molecule has 0 aromatic heterocycles. The smallest absolute Gasteiger partial charge is 0.309 e. The molecule has 3 unspecified atom stereocenters. The third kappa shape index (κ3) is 10.1. The number of esters is 1. The molecule has 0 radical (unpaired) electrons. The Labute approximate surface area is 204 Å². The Hall–Kier alpha value is -0.940. The summed E-state index contributed by atoms with van der Waals surface area (Å²) >= 11 is 0. The molecule has 3 atom stereocenters. The summed E-state index contributed by atoms with van der Waals surface area (Å²) in [7, 11) is 0. The van der Waals surface area contributed by atoms with Crippen molar-refractivity contribution < 1.29 is 24.5 Å². The van der Waals surface area contributed by atoms with Gasteiger partial charge in [0.25, 0.3) is 0 Å². The minimum Gasteiger partial charge on any atom is -0.459 e. The van der Waals surface area contributed by atoms with Gasteiger partial charge in [-0.2, -0.15) is 0 Å². The van der Waals surface area contributed by atoms with Crippen molar-refractivity contribution in [2.45, 2.75) is 143 Å². The molecule has 0 aromatic carbocycles. The number of carbonyl (C=O) groups is 2. The SMILES string of the molecule is C=O.CCC(C)C.CCCC.CCCC(C(=O)OC12CC3CC(O)(CC(O)(C3)C1)C2)C(C)C. The first-order valence-corrected chi connectivity index (χ1v) is 13.3. The van der Waals surface area contributed by atoms with Gasteiger partial charge in [0.1, 0.15) is 12.4 Å². The number of hydrogen-bond acceptors (Lipinski definition) is 5. The van der Waals surface area contributed by atoms with E-state index in [1.165, 1.54) is 19.3 Å². The van der Waals surface area contributed by atoms with Crippen LogP contribution in [-0.2, 0) is 14.3 Å². The third-order valence-corrected chi connectivity index (χ3v) is 7.30. The van der Waals surface area contributed by atoms with Gasteiger partial charge in [0.15, 0.2) is 0 Å². The minimum atomic E-state index is -0.841. The molecular weight excluding hydrogens is 416 g/mol. The highest BCUT2D eigenvalue weighted by atomic mass is 16.6. The van der Waals surface area contributed by atoms with Crippen molar-refractivity contribution in [3.05, 3.63) is 0 Å². The Morgan fingerprint density at radius 1 is 0.879 bits per heavy atom. The van der Waals surface area contributed by atoms with Crippen LogP contribution in [0.4, 0.5) is 0 Å². The molecule has 5 heteroatoms. The van der Waals surface area contributed by atoms with Gasteiger partial charge in [-0.3, -0.25) is 4.79 Å². The van der Waals surface area contributed by atoms with E-state index in [0.29, 0.717) is 19.3 Å². The first-order valence-electron chi connectivity index (χ1n) is 13.3. The molecule has 0 spiro atoms. The van der Waals surface area contributed by atoms with Gasteiger partial charge in [0.2, 0.25) is 0 Å². The highest BCUT2D eigenvalue weighted by molar-refractivity contribution is 5.73. The quantitative estimate of drug-likeness (QED) is 0.416. The predicted octanol–water partition coefficient (Wildman–Crippen LogP) is 6.47. The van der Waals surface area contributed by atoms with Crippen LogP contribution >= 0.6 is 0 Å². The molecule has 4 fully saturated rings. The fourth-order valence-corrected chi connectivity index (χ4v) is 5.69. The summed E-state index contributed by atoms with van der Waals surface area (Å²) in [4.78, 5) is 20.7. The van der Waals surface area contributed by atoms with Crippen LogP contribution in [0.15, 0.2) is 0 Å². The summed E-state index contributed by atoms with van der Waals surface area (Å²) in [5.74, 6) is 1.21. The molecule has 33 heavy (non-hydrogen) atoms. The number of hydrogen-bond donors (Lipinski definition) is 2. The Morgan fingerprint density at radius 2 is 1.33 bits per heavy atom. The van der Waals surface area contributed by atoms with Crippen LogP contribution in [0.25, 0.3) is 0 Å². The van der Waals surface area contributed by atoms with Crippen molar-refractivity contribution in [2.75, 3.05) is 0 Å². The number of ether oxygens (including phenoxy) is 1. The zero-order valence-electron chi connectivity index (χ0n) is 22.9. The molecule has 0 saturated heterocycles. The minimum absolute atomic E-state index is 0.0812. The summed E-state index contributed by atoms with van der Waals surface area (Å²) in [6, 6.07) is 0. The van der Waals surface area contributed by atoms with Crippen LogP contribution in [-0.4, -0.2) is 39.8 Å². The molecule has 2 N–H and O–H groups in total. The summed E-state index contributed by atoms with van der Waals surface area (Å²) in [5, 5.41) is 21.5. The molecule has 0 amide bonds. The molecule has 196 valence electrons. The van der Waals surface area contributed by atoms with Crippen LogP contribution in [0, 0.1) is 23.7 Å². The molecule has 4 rings (SSSR count). The van der Waals surface area contributed by atoms with Gasteiger partial charge >= 0.3 is 5.97 Å². The Kier molecular flexibility index (Phi) is 14.0. The molecule has 4 saturated carbocycles. The summed E-state index contributed by atoms with van der Waals surface area (Å²) < 4.78 is 6.00. The number of rotatable bonds is 7. The van der Waals surface area contributed by atoms with E-state index in [1.54, 1.807) is 0 Å². The van der Waals surface area contributed by atoms with Crippen LogP contribution < -0.4 is 0 Å². The molecule has 0 heterocycles. The van der Waals surface area contributed by atoms with E-state index in [0.717, 1.165) is 38.0 Å². The zero-order valence-corrected chi connectivity index (χ0v) is 22.9. The monoisotopic (exact) mass is 470 g/mol. The fourth-order valence-electron chi connectivity index (χ4n) is 5.69. The second-order valence-corrected chi connectivity index (χ2v) is 11.5. The molecular formula is C28H54O5. The van der Waals surface area contributed by atoms with Gasteiger partial charge in [-0.05, 0) is 43.4 Å². The second kappa shape index (κ2) is 14.5. The van der Waals surface area contributed by atoms with E-state index in [2.05, 4.69) is 55.4 Å². The maximum atomic E-state index is 12.7. The molecule has 4 bridgehead atoms. The van der Waals surface area contributed by atoms with Gasteiger partial charge in [-0.1, -0.05) is 81.1 Å². The van der Waals surface area contributed by atoms with Crippen LogP contribution in [0.2, 0.25) is 0 Å². The highest BCUT2D eigenvalue weighted by Crippen LogP contribution is 2.60. The molecule has 4 aliphatic rings. The zero-order chi connectivity index (χ0) is 25.9. The lowest BCUT2D eigenvalue weighted by Gasteiger charge is -2.62. The predicted molar refractivity (Wildman–Crippen MR) is 136 cm³/mol. The van der Waals surface area contributed by atoms with E-state index >= 15 is 0 Å². The first kappa shape index (κ1) is 32.1. The third-order valence-electron chi connectivity index (χ3n) is 7.30. The summed E-state index contributed by atoms with van der Waals surface area (Å²) in [6.45, 7) is 19.2. The van der Waals surface area contributed by atoms with Crippen molar-refractivity contribution in [1.82, 2.24) is 0 Å². The van der Waals surface area contributed by atoms with E-state index in [4.69, 9.17) is 9.53 Å². The van der Waals surface area contributed by atoms with Crippen molar-refractivity contribution in [2.24, 2.45) is 23.7 Å². The molecule has 0 aromatic rings. The van der Waals surface area contributed by atoms with Gasteiger partial charge in [-0.15, -0.1) is 0 Å². The van der Waals surface area contributed by atoms with Crippen LogP contribution in [0.3, 0.4) is 0 Å². The van der Waals surface area contributed by atoms with E-state index in [-0.39, 0.29) is 23.7 Å². The van der Waals surface area contributed by atoms with Crippen LogP contribution in [0.5, 0.6) is 0 Å². The topological polar surface area (TPSA) is 83.8 Å². The van der Waals surface area contributed by atoms with Gasteiger partial charge < -0.3 is 19.7 Å². The maximum absolute atomic E-state index is 12.7. The molecule has 5 nitrogen and oxygen atoms in total. The average molecular weight is 471 g/mol. The largest absolute Gasteiger partial charge is 0.459 e. The van der Waals surface area contributed by atoms with Gasteiger partial charge in [-0.25, -0.2) is 0 Å². The van der Waals surface area contributed by atoms with E-state index < -0.39 is 16.8 Å². The number of aliphatic hydroxyl groups is 2. The number of unbranched alkanes of at least 4 members (excludes halogenated alkanes) is 1. The maximum Gasteiger partial charge on any atom is 0.309 e. The lowest BCUT2D eigenvalue weighted by Crippen LogP contribution is -2.67. The van der Waals surface area contributed by atoms with Crippen molar-refractivity contribution in [1.29, 1.82) is 0 Å². The Balaban J connectivity index is 0.000000787.